The summed E-state index contributed by atoms with van der Waals surface area (Å²) in [4.78, 5) is 27.7. The zero-order chi connectivity index (χ0) is 20.4. The lowest BCUT2D eigenvalue weighted by Crippen LogP contribution is -2.24. The van der Waals surface area contributed by atoms with Gasteiger partial charge >= 0.3 is 5.97 Å². The van der Waals surface area contributed by atoms with Crippen LogP contribution < -0.4 is 5.32 Å². The molecule has 2 N–H and O–H groups in total. The minimum Gasteiger partial charge on any atom is -0.478 e. The number of aromatic carboxylic acids is 1. The Morgan fingerprint density at radius 3 is 2.64 bits per heavy atom. The number of para-hydroxylation sites is 1. The fourth-order valence-electron chi connectivity index (χ4n) is 2.68. The summed E-state index contributed by atoms with van der Waals surface area (Å²) in [6, 6.07) is 7.44. The number of hydrogen-bond acceptors (Lipinski definition) is 5. The quantitative estimate of drug-likeness (QED) is 0.674. The molecule has 2 heterocycles. The minimum absolute atomic E-state index is 0.0296. The Labute approximate surface area is 160 Å². The predicted octanol–water partition coefficient (Wildman–Crippen LogP) is 3.06. The highest BCUT2D eigenvalue weighted by molar-refractivity contribution is 5.90. The molecule has 0 aliphatic rings. The smallest absolute Gasteiger partial charge is 0.339 e. The number of carbonyl (C=O) groups is 2. The third-order valence-electron chi connectivity index (χ3n) is 4.05. The molecule has 0 aliphatic heterocycles. The summed E-state index contributed by atoms with van der Waals surface area (Å²) in [6.45, 7) is 5.23. The summed E-state index contributed by atoms with van der Waals surface area (Å²) in [6.07, 6.45) is 0. The summed E-state index contributed by atoms with van der Waals surface area (Å²) in [5, 5.41) is 15.8. The van der Waals surface area contributed by atoms with E-state index in [1.54, 1.807) is 18.2 Å². The van der Waals surface area contributed by atoms with E-state index in [0.717, 1.165) is 0 Å². The first-order chi connectivity index (χ1) is 13.3. The maximum Gasteiger partial charge on any atom is 0.339 e. The van der Waals surface area contributed by atoms with Crippen LogP contribution >= 0.6 is 0 Å². The molecule has 0 atom stereocenters. The third kappa shape index (κ3) is 3.78. The van der Waals surface area contributed by atoms with Gasteiger partial charge in [0.25, 0.3) is 5.91 Å². The van der Waals surface area contributed by atoms with Gasteiger partial charge in [0.05, 0.1) is 6.54 Å². The number of aromatic nitrogens is 3. The molecule has 0 saturated carbocycles. The minimum atomic E-state index is -1.11. The number of hydrogen-bond donors (Lipinski definition) is 2. The van der Waals surface area contributed by atoms with Crippen LogP contribution in [0.3, 0.4) is 0 Å². The van der Waals surface area contributed by atoms with E-state index in [0.29, 0.717) is 11.6 Å². The number of carboxylic acid groups (broad SMARTS) is 1. The van der Waals surface area contributed by atoms with Gasteiger partial charge in [-0.3, -0.25) is 4.79 Å². The number of rotatable bonds is 6. The van der Waals surface area contributed by atoms with E-state index in [4.69, 9.17) is 9.52 Å². The Morgan fingerprint density at radius 1 is 1.32 bits per heavy atom. The van der Waals surface area contributed by atoms with Crippen LogP contribution in [-0.2, 0) is 6.54 Å². The molecule has 0 spiro atoms. The van der Waals surface area contributed by atoms with Gasteiger partial charge < -0.3 is 14.8 Å². The van der Waals surface area contributed by atoms with Crippen LogP contribution in [0.1, 0.15) is 58.1 Å². The Kier molecular flexibility index (Phi) is 5.25. The molecule has 0 saturated heterocycles. The highest BCUT2D eigenvalue weighted by Crippen LogP contribution is 2.20. The van der Waals surface area contributed by atoms with Gasteiger partial charge in [-0.25, -0.2) is 18.9 Å². The molecule has 0 radical (unpaired) electrons. The van der Waals surface area contributed by atoms with E-state index >= 15 is 0 Å². The van der Waals surface area contributed by atoms with Crippen LogP contribution in [0.2, 0.25) is 0 Å². The number of halogens is 1. The average molecular weight is 386 g/mol. The topological polar surface area (TPSA) is 110 Å². The van der Waals surface area contributed by atoms with Crippen LogP contribution in [0.15, 0.2) is 34.7 Å². The molecule has 0 aliphatic carbocycles. The van der Waals surface area contributed by atoms with E-state index in [1.165, 1.54) is 23.7 Å². The largest absolute Gasteiger partial charge is 0.478 e. The highest BCUT2D eigenvalue weighted by atomic mass is 19.1. The van der Waals surface area contributed by atoms with Crippen molar-refractivity contribution in [1.29, 1.82) is 0 Å². The summed E-state index contributed by atoms with van der Waals surface area (Å²) < 4.78 is 20.8. The van der Waals surface area contributed by atoms with Gasteiger partial charge in [-0.15, -0.1) is 5.10 Å². The number of benzene rings is 1. The fraction of sp³-hybridized carbons (Fsp3) is 0.263. The zero-order valence-corrected chi connectivity index (χ0v) is 15.6. The van der Waals surface area contributed by atoms with Crippen molar-refractivity contribution in [3.05, 3.63) is 64.9 Å². The predicted molar refractivity (Wildman–Crippen MR) is 97.0 cm³/mol. The average Bonchev–Trinajstić information content (AvgIpc) is 3.24. The van der Waals surface area contributed by atoms with E-state index in [-0.39, 0.29) is 35.3 Å². The van der Waals surface area contributed by atoms with Gasteiger partial charge in [0.1, 0.15) is 34.4 Å². The normalized spacial score (nSPS) is 11.0. The molecule has 28 heavy (non-hydrogen) atoms. The van der Waals surface area contributed by atoms with Crippen LogP contribution in [-0.4, -0.2) is 31.7 Å². The molecule has 0 unspecified atom stereocenters. The summed E-state index contributed by atoms with van der Waals surface area (Å²) in [5.74, 6) is -1.39. The van der Waals surface area contributed by atoms with Crippen molar-refractivity contribution < 1.29 is 23.5 Å². The van der Waals surface area contributed by atoms with Crippen LogP contribution in [0, 0.1) is 12.7 Å². The van der Waals surface area contributed by atoms with Crippen molar-refractivity contribution in [1.82, 2.24) is 20.1 Å². The molecular weight excluding hydrogens is 367 g/mol. The van der Waals surface area contributed by atoms with Crippen LogP contribution in [0.25, 0.3) is 5.69 Å². The number of carbonyl (C=O) groups excluding carboxylic acids is 1. The second-order valence-electron chi connectivity index (χ2n) is 6.48. The van der Waals surface area contributed by atoms with Crippen molar-refractivity contribution >= 4 is 11.9 Å². The maximum absolute atomic E-state index is 14.2. The van der Waals surface area contributed by atoms with E-state index in [9.17, 15) is 14.0 Å². The first kappa shape index (κ1) is 19.3. The molecule has 3 rings (SSSR count). The fourth-order valence-corrected chi connectivity index (χ4v) is 2.68. The van der Waals surface area contributed by atoms with Crippen molar-refractivity contribution in [3.63, 3.8) is 0 Å². The Balaban J connectivity index is 1.83. The Morgan fingerprint density at radius 2 is 2.04 bits per heavy atom. The lowest BCUT2D eigenvalue weighted by atomic mass is 10.2. The number of nitrogens with zero attached hydrogens (tertiary/aromatic N) is 3. The molecule has 146 valence electrons. The second kappa shape index (κ2) is 7.63. The lowest BCUT2D eigenvalue weighted by molar-refractivity contribution is 0.0694. The van der Waals surface area contributed by atoms with Crippen LogP contribution in [0.5, 0.6) is 0 Å². The van der Waals surface area contributed by atoms with Gasteiger partial charge in [-0.05, 0) is 25.1 Å². The van der Waals surface area contributed by atoms with Crippen molar-refractivity contribution in [2.75, 3.05) is 0 Å². The molecule has 9 heteroatoms. The molecule has 0 fully saturated rings. The summed E-state index contributed by atoms with van der Waals surface area (Å²) >= 11 is 0. The highest BCUT2D eigenvalue weighted by Gasteiger charge is 2.21. The summed E-state index contributed by atoms with van der Waals surface area (Å²) in [5.41, 5.74) is 0.235. The van der Waals surface area contributed by atoms with Gasteiger partial charge in [0.15, 0.2) is 0 Å². The second-order valence-corrected chi connectivity index (χ2v) is 6.48. The first-order valence-electron chi connectivity index (χ1n) is 8.60. The number of furan rings is 1. The van der Waals surface area contributed by atoms with Gasteiger partial charge in [0.2, 0.25) is 5.82 Å². The molecule has 0 bridgehead atoms. The van der Waals surface area contributed by atoms with Gasteiger partial charge in [-0.1, -0.05) is 26.0 Å². The summed E-state index contributed by atoms with van der Waals surface area (Å²) in [7, 11) is 0. The lowest BCUT2D eigenvalue weighted by Gasteiger charge is -2.08. The number of carboxylic acids is 1. The molecule has 8 nitrogen and oxygen atoms in total. The SMILES string of the molecule is Cc1oc(CNC(=O)c2nc(C(C)C)n(-c3ccccc3F)n2)cc1C(=O)O. The van der Waals surface area contributed by atoms with E-state index in [1.807, 2.05) is 13.8 Å². The van der Waals surface area contributed by atoms with Gasteiger partial charge in [0, 0.05) is 5.92 Å². The zero-order valence-electron chi connectivity index (χ0n) is 15.6. The molecule has 1 amide bonds. The number of nitrogens with one attached hydrogen (secondary N) is 1. The molecule has 1 aromatic carbocycles. The number of aryl methyl sites for hydroxylation is 1. The molecule has 3 aromatic rings. The van der Waals surface area contributed by atoms with Gasteiger partial charge in [-0.2, -0.15) is 0 Å². The maximum atomic E-state index is 14.2. The number of amides is 1. The standard InChI is InChI=1S/C19H19FN4O4/c1-10(2)17-22-16(23-24(17)15-7-5-4-6-14(15)20)18(25)21-9-12-8-13(19(26)27)11(3)28-12/h4-8,10H,9H2,1-3H3,(H,21,25)(H,26,27). The van der Waals surface area contributed by atoms with Crippen molar-refractivity contribution in [2.45, 2.75) is 33.2 Å². The van der Waals surface area contributed by atoms with E-state index in [2.05, 4.69) is 15.4 Å². The Bertz CT molecular complexity index is 1040. The molecule has 2 aromatic heterocycles. The monoisotopic (exact) mass is 386 g/mol. The van der Waals surface area contributed by atoms with Crippen LogP contribution in [0.4, 0.5) is 4.39 Å². The third-order valence-corrected chi connectivity index (χ3v) is 4.05. The van der Waals surface area contributed by atoms with Crippen molar-refractivity contribution in [2.24, 2.45) is 0 Å². The Hall–Kier alpha value is -3.49. The van der Waals surface area contributed by atoms with E-state index < -0.39 is 17.7 Å². The first-order valence-corrected chi connectivity index (χ1v) is 8.60. The molecular formula is C19H19FN4O4. The van der Waals surface area contributed by atoms with Crippen molar-refractivity contribution in [3.8, 4) is 5.69 Å².